The molecule has 0 aromatic carbocycles. The fourth-order valence-corrected chi connectivity index (χ4v) is 13.4. The number of hydrogen-bond acceptors (Lipinski definition) is 7. The second-order valence-electron chi connectivity index (χ2n) is 3.46. The van der Waals surface area contributed by atoms with Gasteiger partial charge in [0.25, 0.3) is 9.92 Å². The van der Waals surface area contributed by atoms with E-state index >= 15 is 0 Å². The molecule has 0 spiro atoms. The lowest BCUT2D eigenvalue weighted by Gasteiger charge is -2.21. The van der Waals surface area contributed by atoms with E-state index in [2.05, 4.69) is 35.2 Å². The van der Waals surface area contributed by atoms with Crippen molar-refractivity contribution in [3.8, 4) is 0 Å². The fourth-order valence-electron chi connectivity index (χ4n) is 1.07. The van der Waals surface area contributed by atoms with E-state index in [0.29, 0.717) is 0 Å². The molecule has 0 fully saturated rings. The van der Waals surface area contributed by atoms with E-state index in [1.165, 1.54) is 0 Å². The lowest BCUT2D eigenvalue weighted by molar-refractivity contribution is 0.228. The van der Waals surface area contributed by atoms with E-state index < -0.39 is 19.0 Å². The monoisotopic (exact) mass is 330 g/mol. The topological polar surface area (TPSA) is 72.6 Å². The summed E-state index contributed by atoms with van der Waals surface area (Å²) in [6.07, 6.45) is 0. The number of hydroxylamine groups is 1. The Morgan fingerprint density at radius 2 is 1.88 bits per heavy atom. The van der Waals surface area contributed by atoms with Crippen molar-refractivity contribution in [2.75, 3.05) is 21.1 Å². The normalized spacial score (nSPS) is 15.4. The van der Waals surface area contributed by atoms with Crippen LogP contribution in [0, 0.1) is 0 Å². The van der Waals surface area contributed by atoms with Crippen LogP contribution in [0.4, 0.5) is 0 Å². The summed E-state index contributed by atoms with van der Waals surface area (Å²) >= 11 is 0. The van der Waals surface area contributed by atoms with Gasteiger partial charge in [-0.2, -0.15) is 0 Å². The van der Waals surface area contributed by atoms with Crippen molar-refractivity contribution in [3.63, 3.8) is 0 Å². The molecule has 0 aliphatic rings. The summed E-state index contributed by atoms with van der Waals surface area (Å²) in [6, 6.07) is 0. The molecule has 1 atom stereocenters. The highest BCUT2D eigenvalue weighted by atomic mass is 28.4. The number of nitrogens with zero attached hydrogens (tertiary/aromatic N) is 1. The molecule has 7 nitrogen and oxygen atoms in total. The largest absolute Gasteiger partial charge is 0.346 e. The van der Waals surface area contributed by atoms with E-state index in [-0.39, 0.29) is 37.0 Å². The summed E-state index contributed by atoms with van der Waals surface area (Å²) in [5.74, 6) is 0. The Hall–Kier alpha value is 0.804. The Morgan fingerprint density at radius 1 is 1.18 bits per heavy atom. The van der Waals surface area contributed by atoms with Gasteiger partial charge in [0, 0.05) is 7.05 Å². The van der Waals surface area contributed by atoms with Crippen molar-refractivity contribution in [1.82, 2.24) is 28.6 Å². The van der Waals surface area contributed by atoms with Crippen molar-refractivity contribution in [2.45, 2.75) is 14.0 Å². The smallest absolute Gasteiger partial charge is 0.253 e. The van der Waals surface area contributed by atoms with Crippen LogP contribution in [0.1, 0.15) is 7.43 Å². The van der Waals surface area contributed by atoms with Crippen molar-refractivity contribution < 1.29 is 4.53 Å². The molecule has 0 bridgehead atoms. The SMILES string of the molecule is C.CNO[SiH2]N([SiH2]NC)[SiH2]N[SiH2]N[SiH](C)NC. The molecule has 12 heteroatoms. The average Bonchev–Trinajstić information content (AvgIpc) is 2.30. The molecule has 0 aromatic heterocycles. The van der Waals surface area contributed by atoms with Gasteiger partial charge in [0.05, 0.1) is 0 Å². The van der Waals surface area contributed by atoms with Crippen LogP contribution in [0.15, 0.2) is 0 Å². The molecule has 0 rings (SSSR count). The van der Waals surface area contributed by atoms with Gasteiger partial charge in [-0.1, -0.05) is 7.43 Å². The van der Waals surface area contributed by atoms with Crippen molar-refractivity contribution in [2.24, 2.45) is 0 Å². The Bertz CT molecular complexity index is 159. The maximum atomic E-state index is 5.34. The van der Waals surface area contributed by atoms with E-state index in [1.54, 1.807) is 0 Å². The minimum Gasteiger partial charge on any atom is -0.346 e. The summed E-state index contributed by atoms with van der Waals surface area (Å²) in [5, 5.41) is 0. The van der Waals surface area contributed by atoms with Gasteiger partial charge in [0.2, 0.25) is 0 Å². The van der Waals surface area contributed by atoms with E-state index in [4.69, 9.17) is 4.53 Å². The summed E-state index contributed by atoms with van der Waals surface area (Å²) in [5.41, 5.74) is 2.78. The van der Waals surface area contributed by atoms with Crippen LogP contribution >= 0.6 is 0 Å². The molecule has 0 radical (unpaired) electrons. The van der Waals surface area contributed by atoms with Crippen LogP contribution in [0.5, 0.6) is 0 Å². The van der Waals surface area contributed by atoms with Gasteiger partial charge in [0.1, 0.15) is 0 Å². The van der Waals surface area contributed by atoms with Gasteiger partial charge >= 0.3 is 0 Å². The van der Waals surface area contributed by atoms with E-state index in [9.17, 15) is 0 Å². The van der Waals surface area contributed by atoms with Crippen LogP contribution in [0.3, 0.4) is 0 Å². The molecule has 0 heterocycles. The summed E-state index contributed by atoms with van der Waals surface area (Å²) < 4.78 is 15.2. The van der Waals surface area contributed by atoms with Crippen molar-refractivity contribution >= 4 is 48.6 Å². The Balaban J connectivity index is 0. The molecule has 106 valence electrons. The first-order valence-electron chi connectivity index (χ1n) is 5.51. The molecule has 5 N–H and O–H groups in total. The Morgan fingerprint density at radius 3 is 2.41 bits per heavy atom. The third-order valence-corrected chi connectivity index (χ3v) is 13.9. The summed E-state index contributed by atoms with van der Waals surface area (Å²) in [6.45, 7) is 2.27. The van der Waals surface area contributed by atoms with Gasteiger partial charge in [-0.25, -0.2) is 5.48 Å². The molecule has 0 amide bonds. The number of nitrogens with one attached hydrogen (secondary N) is 5. The standard InChI is InChI=1S/C4H26N6OSi5.CH4/c1-5-11-15-10(13-6-2)14-8-12-9-16(4)7-3;/h5-9,16H,12-15H2,1-4H3;1H4. The van der Waals surface area contributed by atoms with Crippen LogP contribution in [0.2, 0.25) is 6.55 Å². The highest BCUT2D eigenvalue weighted by molar-refractivity contribution is 6.68. The van der Waals surface area contributed by atoms with E-state index in [1.807, 2.05) is 21.1 Å². The number of hydrogen-bond donors (Lipinski definition) is 5. The third kappa shape index (κ3) is 13.0. The second-order valence-corrected chi connectivity index (χ2v) is 16.7. The van der Waals surface area contributed by atoms with Crippen molar-refractivity contribution in [1.29, 1.82) is 0 Å². The van der Waals surface area contributed by atoms with Crippen LogP contribution in [-0.2, 0) is 4.53 Å². The molecule has 1 unspecified atom stereocenters. The molecule has 0 saturated carbocycles. The molecular weight excluding hydrogens is 301 g/mol. The fraction of sp³-hybridized carbons (Fsp3) is 1.00. The molecule has 0 saturated heterocycles. The predicted octanol–water partition coefficient (Wildman–Crippen LogP) is -5.46. The van der Waals surface area contributed by atoms with Crippen LogP contribution in [-0.4, -0.2) is 73.6 Å². The quantitative estimate of drug-likeness (QED) is 0.147. The van der Waals surface area contributed by atoms with Gasteiger partial charge in [0.15, 0.2) is 38.6 Å². The lowest BCUT2D eigenvalue weighted by atomic mass is 11.6. The average molecular weight is 331 g/mol. The maximum absolute atomic E-state index is 5.34. The molecule has 0 aliphatic carbocycles. The first kappa shape index (κ1) is 20.1. The lowest BCUT2D eigenvalue weighted by Crippen LogP contribution is -2.55. The maximum Gasteiger partial charge on any atom is 0.253 e. The Kier molecular flexibility index (Phi) is 17.6. The zero-order valence-corrected chi connectivity index (χ0v) is 17.6. The zero-order valence-electron chi connectivity index (χ0n) is 10.8. The second kappa shape index (κ2) is 14.9. The highest BCUT2D eigenvalue weighted by Gasteiger charge is 2.05. The first-order valence-corrected chi connectivity index (χ1v) is 13.1. The predicted molar refractivity (Wildman–Crippen MR) is 90.3 cm³/mol. The zero-order chi connectivity index (χ0) is 12.2. The highest BCUT2D eigenvalue weighted by Crippen LogP contribution is 1.73. The number of rotatable bonds is 11. The van der Waals surface area contributed by atoms with Gasteiger partial charge in [-0.15, -0.1) is 0 Å². The van der Waals surface area contributed by atoms with Crippen LogP contribution < -0.4 is 24.7 Å². The third-order valence-electron chi connectivity index (χ3n) is 2.07. The van der Waals surface area contributed by atoms with Crippen molar-refractivity contribution in [3.05, 3.63) is 0 Å². The van der Waals surface area contributed by atoms with Gasteiger partial charge in [-0.05, 0) is 20.6 Å². The first-order chi connectivity index (χ1) is 7.74. The van der Waals surface area contributed by atoms with Gasteiger partial charge < -0.3 is 27.7 Å². The van der Waals surface area contributed by atoms with E-state index in [0.717, 1.165) is 0 Å². The summed E-state index contributed by atoms with van der Waals surface area (Å²) in [7, 11) is 3.73. The molecule has 0 aromatic rings. The van der Waals surface area contributed by atoms with Gasteiger partial charge in [-0.3, -0.25) is 0 Å². The molecule has 17 heavy (non-hydrogen) atoms. The Labute approximate surface area is 117 Å². The minimum atomic E-state index is -0.816. The molecule has 0 aliphatic heterocycles. The van der Waals surface area contributed by atoms with Crippen LogP contribution in [0.25, 0.3) is 0 Å². The minimum absolute atomic E-state index is 0. The molecular formula is C5H30N6OSi5. The summed E-state index contributed by atoms with van der Waals surface area (Å²) in [4.78, 5) is 6.62.